The third-order valence-electron chi connectivity index (χ3n) is 3.13. The van der Waals surface area contributed by atoms with Gasteiger partial charge in [-0.05, 0) is 37.3 Å². The number of fused-ring (bicyclic) bond motifs is 1. The maximum Gasteiger partial charge on any atom is 0.257 e. The van der Waals surface area contributed by atoms with Crippen LogP contribution in [0.3, 0.4) is 0 Å². The largest absolute Gasteiger partial charge is 0.298 e. The van der Waals surface area contributed by atoms with Crippen molar-refractivity contribution >= 4 is 44.9 Å². The van der Waals surface area contributed by atoms with E-state index in [1.165, 1.54) is 0 Å². The zero-order valence-electron chi connectivity index (χ0n) is 11.6. The predicted octanol–water partition coefficient (Wildman–Crippen LogP) is 3.87. The van der Waals surface area contributed by atoms with Crippen LogP contribution in [0.5, 0.6) is 0 Å². The molecule has 0 fully saturated rings. The van der Waals surface area contributed by atoms with Crippen molar-refractivity contribution in [1.82, 2.24) is 4.98 Å². The minimum Gasteiger partial charge on any atom is -0.298 e. The van der Waals surface area contributed by atoms with Crippen molar-refractivity contribution in [2.75, 3.05) is 5.32 Å². The maximum atomic E-state index is 12.2. The molecule has 1 aromatic heterocycles. The van der Waals surface area contributed by atoms with Gasteiger partial charge in [0.05, 0.1) is 10.9 Å². The highest BCUT2D eigenvalue weighted by molar-refractivity contribution is 7.13. The summed E-state index contributed by atoms with van der Waals surface area (Å²) in [5, 5.41) is 3.89. The number of hydrogen-bond donors (Lipinski definition) is 1. The Labute approximate surface area is 135 Å². The number of hydrogen-bond acceptors (Lipinski definition) is 4. The first-order valence-electron chi connectivity index (χ1n) is 6.51. The molecule has 3 rings (SSSR count). The molecule has 1 amide bonds. The van der Waals surface area contributed by atoms with Crippen LogP contribution < -0.4 is 10.1 Å². The number of nitrogens with zero attached hydrogens (tertiary/aromatic N) is 1. The molecule has 4 nitrogen and oxygen atoms in total. The number of aromatic nitrogens is 1. The van der Waals surface area contributed by atoms with Crippen LogP contribution in [-0.2, 0) is 0 Å². The van der Waals surface area contributed by atoms with Crippen molar-refractivity contribution in [3.05, 3.63) is 68.2 Å². The van der Waals surface area contributed by atoms with Gasteiger partial charge in [0, 0.05) is 10.6 Å². The van der Waals surface area contributed by atoms with Gasteiger partial charge in [0.1, 0.15) is 0 Å². The Morgan fingerprint density at radius 2 is 1.91 bits per heavy atom. The minimum absolute atomic E-state index is 0.166. The molecule has 1 heterocycles. The number of carbonyl (C=O) groups excluding carboxylic acids is 1. The minimum atomic E-state index is -0.301. The topological polar surface area (TPSA) is 59.1 Å². The van der Waals surface area contributed by atoms with Gasteiger partial charge in [-0.15, -0.1) is 0 Å². The molecule has 0 radical (unpaired) electrons. The normalized spacial score (nSPS) is 10.6. The van der Waals surface area contributed by atoms with Crippen molar-refractivity contribution in [1.29, 1.82) is 0 Å². The Balaban J connectivity index is 1.95. The van der Waals surface area contributed by atoms with E-state index in [0.29, 0.717) is 21.5 Å². The fourth-order valence-electron chi connectivity index (χ4n) is 1.97. The van der Waals surface area contributed by atoms with Gasteiger partial charge in [0.2, 0.25) is 4.74 Å². The van der Waals surface area contributed by atoms with Crippen molar-refractivity contribution in [3.63, 3.8) is 0 Å². The molecule has 22 heavy (non-hydrogen) atoms. The van der Waals surface area contributed by atoms with Gasteiger partial charge in [-0.25, -0.2) is 4.98 Å². The van der Waals surface area contributed by atoms with Crippen LogP contribution in [0.1, 0.15) is 15.9 Å². The van der Waals surface area contributed by atoms with Crippen LogP contribution in [0.2, 0.25) is 5.02 Å². The second kappa shape index (κ2) is 5.87. The van der Waals surface area contributed by atoms with E-state index in [-0.39, 0.29) is 15.8 Å². The summed E-state index contributed by atoms with van der Waals surface area (Å²) >= 11 is 6.81. The average molecular weight is 331 g/mol. The summed E-state index contributed by atoms with van der Waals surface area (Å²) in [7, 11) is 0. The smallest absolute Gasteiger partial charge is 0.257 e. The Hall–Kier alpha value is -2.24. The summed E-state index contributed by atoms with van der Waals surface area (Å²) in [4.78, 5) is 28.5. The number of anilines is 1. The number of benzene rings is 2. The lowest BCUT2D eigenvalue weighted by molar-refractivity contribution is 0.102. The molecule has 0 bridgehead atoms. The van der Waals surface area contributed by atoms with E-state index in [0.717, 1.165) is 16.9 Å². The molecule has 0 saturated heterocycles. The Morgan fingerprint density at radius 1 is 1.18 bits per heavy atom. The lowest BCUT2D eigenvalue weighted by atomic mass is 10.1. The Kier molecular flexibility index (Phi) is 3.92. The Morgan fingerprint density at radius 3 is 2.64 bits per heavy atom. The molecule has 2 aromatic carbocycles. The summed E-state index contributed by atoms with van der Waals surface area (Å²) in [6.45, 7) is 1.95. The monoisotopic (exact) mass is 330 g/mol. The van der Waals surface area contributed by atoms with E-state index in [1.54, 1.807) is 30.3 Å². The molecule has 0 unspecified atom stereocenters. The van der Waals surface area contributed by atoms with Crippen molar-refractivity contribution < 1.29 is 4.79 Å². The number of amides is 1. The number of carbonyl (C=O) groups is 1. The van der Waals surface area contributed by atoms with E-state index in [9.17, 15) is 9.59 Å². The fourth-order valence-corrected chi connectivity index (χ4v) is 2.88. The first-order chi connectivity index (χ1) is 10.5. The van der Waals surface area contributed by atoms with Gasteiger partial charge in [-0.2, -0.15) is 0 Å². The summed E-state index contributed by atoms with van der Waals surface area (Å²) in [5.41, 5.74) is 2.05. The van der Waals surface area contributed by atoms with Crippen LogP contribution in [-0.4, -0.2) is 10.9 Å². The zero-order chi connectivity index (χ0) is 15.7. The van der Waals surface area contributed by atoms with Crippen LogP contribution in [0, 0.1) is 6.92 Å². The second-order valence-corrected chi connectivity index (χ2v) is 6.19. The average Bonchev–Trinajstić information content (AvgIpc) is 2.47. The van der Waals surface area contributed by atoms with E-state index in [1.807, 2.05) is 19.1 Å². The number of rotatable bonds is 2. The van der Waals surface area contributed by atoms with E-state index < -0.39 is 0 Å². The predicted molar refractivity (Wildman–Crippen MR) is 90.0 cm³/mol. The maximum absolute atomic E-state index is 12.2. The van der Waals surface area contributed by atoms with Gasteiger partial charge < -0.3 is 0 Å². The zero-order valence-corrected chi connectivity index (χ0v) is 13.2. The summed E-state index contributed by atoms with van der Waals surface area (Å²) < 4.78 is -0.166. The highest BCUT2D eigenvalue weighted by Gasteiger charge is 2.10. The van der Waals surface area contributed by atoms with Crippen molar-refractivity contribution in [3.8, 4) is 0 Å². The molecule has 110 valence electrons. The fraction of sp³-hybridized carbons (Fsp3) is 0.0625. The molecule has 0 aliphatic carbocycles. The van der Waals surface area contributed by atoms with Crippen LogP contribution in [0.25, 0.3) is 10.9 Å². The highest BCUT2D eigenvalue weighted by Crippen LogP contribution is 2.19. The Bertz CT molecular complexity index is 920. The summed E-state index contributed by atoms with van der Waals surface area (Å²) in [5.74, 6) is -0.301. The van der Waals surface area contributed by atoms with Crippen LogP contribution in [0.4, 0.5) is 5.13 Å². The number of nitrogens with one attached hydrogen (secondary N) is 1. The van der Waals surface area contributed by atoms with Gasteiger partial charge >= 0.3 is 0 Å². The van der Waals surface area contributed by atoms with E-state index >= 15 is 0 Å². The van der Waals surface area contributed by atoms with Crippen LogP contribution >= 0.6 is 22.9 Å². The summed E-state index contributed by atoms with van der Waals surface area (Å²) in [6, 6.07) is 12.0. The summed E-state index contributed by atoms with van der Waals surface area (Å²) in [6.07, 6.45) is 0. The first-order valence-corrected chi connectivity index (χ1v) is 7.71. The van der Waals surface area contributed by atoms with Gasteiger partial charge in [-0.3, -0.25) is 14.9 Å². The molecular weight excluding hydrogens is 320 g/mol. The lowest BCUT2D eigenvalue weighted by Gasteiger charge is -2.05. The molecule has 0 saturated carbocycles. The molecule has 0 spiro atoms. The van der Waals surface area contributed by atoms with Crippen LogP contribution in [0.15, 0.2) is 47.3 Å². The third-order valence-corrected chi connectivity index (χ3v) is 4.15. The van der Waals surface area contributed by atoms with E-state index in [2.05, 4.69) is 10.3 Å². The standard InChI is InChI=1S/C16H11ClN2O2S/c1-9-2-4-10(5-3-9)14(20)19-16-18-13-8-11(17)6-7-12(13)15(21)22-16/h2-8H,1H3,(H,18,19,20). The molecule has 6 heteroatoms. The molecule has 3 aromatic rings. The van der Waals surface area contributed by atoms with Gasteiger partial charge in [-0.1, -0.05) is 40.6 Å². The third kappa shape index (κ3) is 3.00. The molecule has 1 N–H and O–H groups in total. The molecule has 0 atom stereocenters. The second-order valence-electron chi connectivity index (χ2n) is 4.79. The lowest BCUT2D eigenvalue weighted by Crippen LogP contribution is -2.13. The highest BCUT2D eigenvalue weighted by atomic mass is 35.5. The van der Waals surface area contributed by atoms with E-state index in [4.69, 9.17) is 11.6 Å². The van der Waals surface area contributed by atoms with Gasteiger partial charge in [0.25, 0.3) is 5.91 Å². The number of aryl methyl sites for hydroxylation is 1. The van der Waals surface area contributed by atoms with Crippen molar-refractivity contribution in [2.45, 2.75) is 6.92 Å². The van der Waals surface area contributed by atoms with Crippen molar-refractivity contribution in [2.24, 2.45) is 0 Å². The molecule has 0 aliphatic heterocycles. The van der Waals surface area contributed by atoms with Gasteiger partial charge in [0.15, 0.2) is 5.13 Å². The SMILES string of the molecule is Cc1ccc(C(=O)Nc2nc3cc(Cl)ccc3c(=O)s2)cc1. The molecule has 0 aliphatic rings. The first kappa shape index (κ1) is 14.7. The number of halogens is 1. The quantitative estimate of drug-likeness (QED) is 0.776. The molecular formula is C16H11ClN2O2S.